The molecular weight excluding hydrogens is 243 g/mol. The second kappa shape index (κ2) is 5.51. The normalized spacial score (nSPS) is 13.8. The van der Waals surface area contributed by atoms with Crippen LogP contribution in [0.4, 0.5) is 13.2 Å². The van der Waals surface area contributed by atoms with Gasteiger partial charge in [-0.15, -0.1) is 11.8 Å². The van der Waals surface area contributed by atoms with Gasteiger partial charge in [0.25, 0.3) is 0 Å². The van der Waals surface area contributed by atoms with Gasteiger partial charge in [0.05, 0.1) is 18.3 Å². The van der Waals surface area contributed by atoms with Crippen LogP contribution in [0.3, 0.4) is 0 Å². The number of pyridine rings is 1. The van der Waals surface area contributed by atoms with Gasteiger partial charge in [0.2, 0.25) is 0 Å². The number of hydrogen-bond donors (Lipinski definition) is 2. The van der Waals surface area contributed by atoms with Crippen molar-refractivity contribution < 1.29 is 23.4 Å². The first-order valence-electron chi connectivity index (χ1n) is 4.39. The van der Waals surface area contributed by atoms with E-state index >= 15 is 0 Å². The topological polar surface area (TPSA) is 53.4 Å². The number of nitrogens with zero attached hydrogens (tertiary/aromatic N) is 1. The first kappa shape index (κ1) is 13.3. The van der Waals surface area contributed by atoms with Crippen LogP contribution in [0.1, 0.15) is 5.56 Å². The molecule has 0 saturated carbocycles. The van der Waals surface area contributed by atoms with Crippen LogP contribution in [-0.2, 0) is 6.18 Å². The quantitative estimate of drug-likeness (QED) is 0.799. The van der Waals surface area contributed by atoms with Crippen LogP contribution < -0.4 is 0 Å². The van der Waals surface area contributed by atoms with Crippen LogP contribution >= 0.6 is 11.8 Å². The predicted molar refractivity (Wildman–Crippen MR) is 53.1 cm³/mol. The van der Waals surface area contributed by atoms with Crippen molar-refractivity contribution in [2.24, 2.45) is 0 Å². The molecular formula is C9H10F3NO2S. The molecule has 1 heterocycles. The minimum Gasteiger partial charge on any atom is -0.394 e. The Kier molecular flexibility index (Phi) is 4.57. The summed E-state index contributed by atoms with van der Waals surface area (Å²) in [7, 11) is 0. The lowest BCUT2D eigenvalue weighted by molar-refractivity contribution is -0.140. The highest BCUT2D eigenvalue weighted by Gasteiger charge is 2.34. The van der Waals surface area contributed by atoms with Gasteiger partial charge in [-0.2, -0.15) is 13.2 Å². The van der Waals surface area contributed by atoms with Gasteiger partial charge in [0.1, 0.15) is 5.03 Å². The second-order valence-corrected chi connectivity index (χ2v) is 4.01. The third-order valence-electron chi connectivity index (χ3n) is 1.70. The van der Waals surface area contributed by atoms with Crippen LogP contribution in [0.25, 0.3) is 0 Å². The highest BCUT2D eigenvalue weighted by molar-refractivity contribution is 7.99. The molecule has 0 amide bonds. The Morgan fingerprint density at radius 2 is 2.12 bits per heavy atom. The third kappa shape index (κ3) is 3.66. The van der Waals surface area contributed by atoms with E-state index in [0.29, 0.717) is 0 Å². The molecule has 0 aliphatic heterocycles. The van der Waals surface area contributed by atoms with E-state index in [-0.39, 0.29) is 10.8 Å². The van der Waals surface area contributed by atoms with Gasteiger partial charge in [0, 0.05) is 11.9 Å². The highest BCUT2D eigenvalue weighted by atomic mass is 32.2. The van der Waals surface area contributed by atoms with Crippen LogP contribution in [0, 0.1) is 0 Å². The maximum absolute atomic E-state index is 12.5. The number of thioether (sulfide) groups is 1. The van der Waals surface area contributed by atoms with Crippen molar-refractivity contribution >= 4 is 11.8 Å². The lowest BCUT2D eigenvalue weighted by atomic mass is 10.3. The molecule has 7 heteroatoms. The largest absolute Gasteiger partial charge is 0.419 e. The maximum Gasteiger partial charge on any atom is 0.419 e. The first-order chi connectivity index (χ1) is 7.45. The monoisotopic (exact) mass is 253 g/mol. The van der Waals surface area contributed by atoms with Crippen molar-refractivity contribution in [3.63, 3.8) is 0 Å². The van der Waals surface area contributed by atoms with Crippen LogP contribution in [0.5, 0.6) is 0 Å². The van der Waals surface area contributed by atoms with Gasteiger partial charge in [-0.1, -0.05) is 0 Å². The summed E-state index contributed by atoms with van der Waals surface area (Å²) in [6.45, 7) is -0.485. The maximum atomic E-state index is 12.5. The molecule has 3 nitrogen and oxygen atoms in total. The number of aromatic nitrogens is 1. The van der Waals surface area contributed by atoms with E-state index in [1.165, 1.54) is 12.3 Å². The molecule has 0 bridgehead atoms. The van der Waals surface area contributed by atoms with E-state index in [1.54, 1.807) is 0 Å². The summed E-state index contributed by atoms with van der Waals surface area (Å²) in [6.07, 6.45) is -4.25. The van der Waals surface area contributed by atoms with Crippen LogP contribution in [0.2, 0.25) is 0 Å². The van der Waals surface area contributed by atoms with Gasteiger partial charge in [-0.3, -0.25) is 0 Å². The molecule has 1 unspecified atom stereocenters. The van der Waals surface area contributed by atoms with Gasteiger partial charge in [-0.05, 0) is 12.1 Å². The van der Waals surface area contributed by atoms with Crippen molar-refractivity contribution in [3.05, 3.63) is 23.9 Å². The Bertz CT molecular complexity index is 346. The summed E-state index contributed by atoms with van der Waals surface area (Å²) in [5.41, 5.74) is -0.829. The van der Waals surface area contributed by atoms with Crippen molar-refractivity contribution in [1.29, 1.82) is 0 Å². The molecule has 0 radical (unpaired) electrons. The highest BCUT2D eigenvalue weighted by Crippen LogP contribution is 2.35. The lowest BCUT2D eigenvalue weighted by Gasteiger charge is -2.12. The van der Waals surface area contributed by atoms with Crippen molar-refractivity contribution in [2.45, 2.75) is 17.3 Å². The zero-order chi connectivity index (χ0) is 12.2. The van der Waals surface area contributed by atoms with Gasteiger partial charge < -0.3 is 10.2 Å². The second-order valence-electron chi connectivity index (χ2n) is 3.00. The van der Waals surface area contributed by atoms with Gasteiger partial charge >= 0.3 is 6.18 Å². The Hall–Kier alpha value is -0.790. The molecule has 1 aromatic rings. The number of halogens is 3. The minimum atomic E-state index is -4.46. The van der Waals surface area contributed by atoms with E-state index in [2.05, 4.69) is 4.98 Å². The van der Waals surface area contributed by atoms with E-state index in [9.17, 15) is 13.2 Å². The molecule has 0 spiro atoms. The van der Waals surface area contributed by atoms with E-state index in [1.807, 2.05) is 0 Å². The Balaban J connectivity index is 2.80. The fourth-order valence-corrected chi connectivity index (χ4v) is 1.88. The third-order valence-corrected chi connectivity index (χ3v) is 2.85. The van der Waals surface area contributed by atoms with Crippen molar-refractivity contribution in [1.82, 2.24) is 4.98 Å². The number of rotatable bonds is 4. The summed E-state index contributed by atoms with van der Waals surface area (Å²) in [5, 5.41) is 17.4. The Morgan fingerprint density at radius 1 is 1.44 bits per heavy atom. The molecule has 1 atom stereocenters. The lowest BCUT2D eigenvalue weighted by Crippen LogP contribution is -2.15. The summed E-state index contributed by atoms with van der Waals surface area (Å²) in [6, 6.07) is 2.13. The number of aliphatic hydroxyl groups is 2. The summed E-state index contributed by atoms with van der Waals surface area (Å²) in [5.74, 6) is -0.0312. The molecule has 1 rings (SSSR count). The summed E-state index contributed by atoms with van der Waals surface area (Å²) in [4.78, 5) is 3.60. The zero-order valence-electron chi connectivity index (χ0n) is 8.11. The van der Waals surface area contributed by atoms with Crippen LogP contribution in [0.15, 0.2) is 23.4 Å². The average molecular weight is 253 g/mol. The zero-order valence-corrected chi connectivity index (χ0v) is 8.92. The molecule has 2 N–H and O–H groups in total. The molecule has 0 aliphatic carbocycles. The molecule has 0 aromatic carbocycles. The number of alkyl halides is 3. The summed E-state index contributed by atoms with van der Waals surface area (Å²) >= 11 is 0.765. The molecule has 90 valence electrons. The fourth-order valence-electron chi connectivity index (χ4n) is 0.949. The molecule has 0 aliphatic rings. The number of hydrogen-bond acceptors (Lipinski definition) is 4. The van der Waals surface area contributed by atoms with Crippen molar-refractivity contribution in [2.75, 3.05) is 12.4 Å². The molecule has 16 heavy (non-hydrogen) atoms. The Labute approximate surface area is 94.3 Å². The van der Waals surface area contributed by atoms with Gasteiger partial charge in [0.15, 0.2) is 0 Å². The fraction of sp³-hybridized carbons (Fsp3) is 0.444. The predicted octanol–water partition coefficient (Wildman–Crippen LogP) is 1.55. The Morgan fingerprint density at radius 3 is 2.69 bits per heavy atom. The first-order valence-corrected chi connectivity index (χ1v) is 5.37. The van der Waals surface area contributed by atoms with E-state index in [4.69, 9.17) is 10.2 Å². The molecule has 1 aromatic heterocycles. The van der Waals surface area contributed by atoms with E-state index < -0.39 is 24.5 Å². The number of aliphatic hydroxyl groups excluding tert-OH is 2. The summed E-state index contributed by atoms with van der Waals surface area (Å²) < 4.78 is 37.5. The molecule has 0 saturated heterocycles. The van der Waals surface area contributed by atoms with E-state index in [0.717, 1.165) is 17.8 Å². The average Bonchev–Trinajstić information content (AvgIpc) is 2.25. The standard InChI is InChI=1S/C9H10F3NO2S/c10-9(11,12)7-2-1-3-13-8(7)16-5-6(15)4-14/h1-3,6,14-15H,4-5H2. The molecule has 0 fully saturated rings. The van der Waals surface area contributed by atoms with Crippen LogP contribution in [-0.4, -0.2) is 33.7 Å². The SMILES string of the molecule is OCC(O)CSc1ncccc1C(F)(F)F. The smallest absolute Gasteiger partial charge is 0.394 e. The minimum absolute atomic E-state index is 0.0312. The van der Waals surface area contributed by atoms with Crippen molar-refractivity contribution in [3.8, 4) is 0 Å². The van der Waals surface area contributed by atoms with Gasteiger partial charge in [-0.25, -0.2) is 4.98 Å².